The fraction of sp³-hybridized carbons (Fsp3) is 0.667. The maximum Gasteiger partial charge on any atom is 0.138 e. The van der Waals surface area contributed by atoms with Crippen LogP contribution in [-0.4, -0.2) is 21.0 Å². The summed E-state index contributed by atoms with van der Waals surface area (Å²) < 4.78 is 7.68. The first-order valence-corrected chi connectivity index (χ1v) is 6.11. The van der Waals surface area contributed by atoms with Crippen molar-refractivity contribution in [1.82, 2.24) is 9.55 Å². The number of halogens is 2. The summed E-state index contributed by atoms with van der Waals surface area (Å²) >= 11 is 9.34. The van der Waals surface area contributed by atoms with Gasteiger partial charge in [-0.3, -0.25) is 0 Å². The summed E-state index contributed by atoms with van der Waals surface area (Å²) in [5.74, 6) is 0.929. The van der Waals surface area contributed by atoms with Gasteiger partial charge in [-0.25, -0.2) is 4.98 Å². The number of rotatable bonds is 2. The predicted octanol–water partition coefficient (Wildman–Crippen LogP) is 2.69. The zero-order valence-corrected chi connectivity index (χ0v) is 10.3. The second kappa shape index (κ2) is 4.21. The SMILES string of the molecule is Cn1c(Cl)cnc1C1CCC(CBr)O1. The third-order valence-electron chi connectivity index (χ3n) is 2.54. The quantitative estimate of drug-likeness (QED) is 0.778. The minimum Gasteiger partial charge on any atom is -0.366 e. The second-order valence-electron chi connectivity index (χ2n) is 3.48. The molecule has 0 radical (unpaired) electrons. The largest absolute Gasteiger partial charge is 0.366 e. The number of ether oxygens (including phenoxy) is 1. The Kier molecular flexibility index (Phi) is 3.14. The molecule has 5 heteroatoms. The van der Waals surface area contributed by atoms with E-state index in [9.17, 15) is 0 Å². The van der Waals surface area contributed by atoms with Gasteiger partial charge < -0.3 is 9.30 Å². The Morgan fingerprint density at radius 2 is 2.50 bits per heavy atom. The molecule has 14 heavy (non-hydrogen) atoms. The van der Waals surface area contributed by atoms with Crippen molar-refractivity contribution in [3.63, 3.8) is 0 Å². The molecule has 2 heterocycles. The molecule has 1 fully saturated rings. The Morgan fingerprint density at radius 3 is 3.00 bits per heavy atom. The van der Waals surface area contributed by atoms with Crippen LogP contribution in [0.3, 0.4) is 0 Å². The predicted molar refractivity (Wildman–Crippen MR) is 58.9 cm³/mol. The number of imidazole rings is 1. The molecule has 0 aliphatic carbocycles. The average Bonchev–Trinajstić information content (AvgIpc) is 2.75. The van der Waals surface area contributed by atoms with Gasteiger partial charge in [0.25, 0.3) is 0 Å². The van der Waals surface area contributed by atoms with Gasteiger partial charge in [0, 0.05) is 12.4 Å². The number of hydrogen-bond donors (Lipinski definition) is 0. The number of hydrogen-bond acceptors (Lipinski definition) is 2. The van der Waals surface area contributed by atoms with E-state index in [-0.39, 0.29) is 6.10 Å². The molecule has 0 N–H and O–H groups in total. The van der Waals surface area contributed by atoms with Gasteiger partial charge >= 0.3 is 0 Å². The molecule has 0 aromatic carbocycles. The van der Waals surface area contributed by atoms with Gasteiger partial charge in [-0.15, -0.1) is 0 Å². The van der Waals surface area contributed by atoms with Crippen LogP contribution in [0.5, 0.6) is 0 Å². The third-order valence-corrected chi connectivity index (χ3v) is 3.61. The highest BCUT2D eigenvalue weighted by Gasteiger charge is 2.28. The minimum atomic E-state index is 0.107. The van der Waals surface area contributed by atoms with Gasteiger partial charge in [-0.2, -0.15) is 0 Å². The van der Waals surface area contributed by atoms with E-state index in [1.54, 1.807) is 6.20 Å². The standard InChI is InChI=1S/C9H12BrClN2O/c1-13-8(11)5-12-9(13)7-3-2-6(4-10)14-7/h5-7H,2-4H2,1H3. The summed E-state index contributed by atoms with van der Waals surface area (Å²) in [5.41, 5.74) is 0. The molecule has 1 saturated heterocycles. The summed E-state index contributed by atoms with van der Waals surface area (Å²) in [6, 6.07) is 0. The summed E-state index contributed by atoms with van der Waals surface area (Å²) in [6.07, 6.45) is 4.20. The van der Waals surface area contributed by atoms with Gasteiger partial charge in [0.1, 0.15) is 17.1 Å². The molecular weight excluding hydrogens is 267 g/mol. The van der Waals surface area contributed by atoms with Crippen molar-refractivity contribution in [2.75, 3.05) is 5.33 Å². The molecule has 78 valence electrons. The van der Waals surface area contributed by atoms with E-state index in [2.05, 4.69) is 20.9 Å². The van der Waals surface area contributed by atoms with Crippen molar-refractivity contribution in [1.29, 1.82) is 0 Å². The van der Waals surface area contributed by atoms with Gasteiger partial charge in [0.05, 0.1) is 12.3 Å². The highest BCUT2D eigenvalue weighted by molar-refractivity contribution is 9.09. The summed E-state index contributed by atoms with van der Waals surface area (Å²) in [6.45, 7) is 0. The molecule has 3 nitrogen and oxygen atoms in total. The number of alkyl halides is 1. The molecule has 0 amide bonds. The molecule has 1 aromatic rings. The van der Waals surface area contributed by atoms with Crippen LogP contribution in [0.25, 0.3) is 0 Å². The molecule has 2 atom stereocenters. The smallest absolute Gasteiger partial charge is 0.138 e. The number of nitrogens with zero attached hydrogens (tertiary/aromatic N) is 2. The van der Waals surface area contributed by atoms with Gasteiger partial charge in [-0.1, -0.05) is 27.5 Å². The Hall–Kier alpha value is -0.0600. The van der Waals surface area contributed by atoms with Crippen LogP contribution in [0.4, 0.5) is 0 Å². The van der Waals surface area contributed by atoms with Crippen LogP contribution in [0.2, 0.25) is 5.15 Å². The van der Waals surface area contributed by atoms with Gasteiger partial charge in [0.2, 0.25) is 0 Å². The molecule has 0 saturated carbocycles. The van der Waals surface area contributed by atoms with E-state index in [1.165, 1.54) is 0 Å². The fourth-order valence-corrected chi connectivity index (χ4v) is 2.32. The zero-order chi connectivity index (χ0) is 10.1. The third kappa shape index (κ3) is 1.83. The summed E-state index contributed by atoms with van der Waals surface area (Å²) in [5, 5.41) is 1.55. The van der Waals surface area contributed by atoms with Gasteiger partial charge in [-0.05, 0) is 12.8 Å². The van der Waals surface area contributed by atoms with Crippen LogP contribution >= 0.6 is 27.5 Å². The lowest BCUT2D eigenvalue weighted by molar-refractivity contribution is 0.0519. The first kappa shape index (κ1) is 10.5. The topological polar surface area (TPSA) is 27.1 Å². The average molecular weight is 280 g/mol. The van der Waals surface area contributed by atoms with Crippen LogP contribution in [-0.2, 0) is 11.8 Å². The molecule has 2 unspecified atom stereocenters. The minimum absolute atomic E-state index is 0.107. The highest BCUT2D eigenvalue weighted by atomic mass is 79.9. The van der Waals surface area contributed by atoms with Crippen molar-refractivity contribution in [2.45, 2.75) is 25.0 Å². The molecule has 1 aromatic heterocycles. The van der Waals surface area contributed by atoms with Crippen molar-refractivity contribution in [3.8, 4) is 0 Å². The first-order chi connectivity index (χ1) is 6.72. The Balaban J connectivity index is 2.13. The van der Waals surface area contributed by atoms with E-state index < -0.39 is 0 Å². The summed E-state index contributed by atoms with van der Waals surface area (Å²) in [7, 11) is 1.91. The van der Waals surface area contributed by atoms with E-state index in [4.69, 9.17) is 16.3 Å². The van der Waals surface area contributed by atoms with Crippen LogP contribution in [0.1, 0.15) is 24.8 Å². The van der Waals surface area contributed by atoms with E-state index in [0.717, 1.165) is 24.0 Å². The molecule has 0 spiro atoms. The Labute approximate surface area is 96.5 Å². The lowest BCUT2D eigenvalue weighted by Gasteiger charge is -2.11. The molecule has 1 aliphatic heterocycles. The second-order valence-corrected chi connectivity index (χ2v) is 4.51. The molecule has 0 bridgehead atoms. The first-order valence-electron chi connectivity index (χ1n) is 4.61. The maximum absolute atomic E-state index is 5.91. The summed E-state index contributed by atoms with van der Waals surface area (Å²) in [4.78, 5) is 4.26. The normalized spacial score (nSPS) is 27.1. The van der Waals surface area contributed by atoms with E-state index in [1.807, 2.05) is 11.6 Å². The zero-order valence-electron chi connectivity index (χ0n) is 7.91. The Bertz CT molecular complexity index is 329. The monoisotopic (exact) mass is 278 g/mol. The highest BCUT2D eigenvalue weighted by Crippen LogP contribution is 2.33. The molecule has 2 rings (SSSR count). The maximum atomic E-state index is 5.91. The van der Waals surface area contributed by atoms with E-state index >= 15 is 0 Å². The molecular formula is C9H12BrClN2O. The van der Waals surface area contributed by atoms with Crippen LogP contribution in [0, 0.1) is 0 Å². The van der Waals surface area contributed by atoms with Crippen LogP contribution < -0.4 is 0 Å². The Morgan fingerprint density at radius 1 is 1.71 bits per heavy atom. The number of aromatic nitrogens is 2. The van der Waals surface area contributed by atoms with Crippen molar-refractivity contribution in [3.05, 3.63) is 17.2 Å². The van der Waals surface area contributed by atoms with Crippen molar-refractivity contribution >= 4 is 27.5 Å². The van der Waals surface area contributed by atoms with Crippen molar-refractivity contribution < 1.29 is 4.74 Å². The van der Waals surface area contributed by atoms with Crippen molar-refractivity contribution in [2.24, 2.45) is 7.05 Å². The fourth-order valence-electron chi connectivity index (χ4n) is 1.71. The van der Waals surface area contributed by atoms with Gasteiger partial charge in [0.15, 0.2) is 0 Å². The lowest BCUT2D eigenvalue weighted by atomic mass is 10.2. The molecule has 1 aliphatic rings. The van der Waals surface area contributed by atoms with Crippen LogP contribution in [0.15, 0.2) is 6.20 Å². The van der Waals surface area contributed by atoms with E-state index in [0.29, 0.717) is 11.3 Å². The lowest BCUT2D eigenvalue weighted by Crippen LogP contribution is -2.10.